The molecule has 29 heavy (non-hydrogen) atoms. The van der Waals surface area contributed by atoms with E-state index in [1.54, 1.807) is 29.9 Å². The van der Waals surface area contributed by atoms with E-state index in [0.29, 0.717) is 0 Å². The van der Waals surface area contributed by atoms with Crippen LogP contribution in [0.4, 0.5) is 0 Å². The minimum atomic E-state index is 0.734. The molecule has 138 valence electrons. The lowest BCUT2D eigenvalue weighted by molar-refractivity contribution is 1.12. The highest BCUT2D eigenvalue weighted by Crippen LogP contribution is 2.35. The number of thiophene rings is 1. The van der Waals surface area contributed by atoms with E-state index in [9.17, 15) is 0 Å². The number of benzene rings is 1. The summed E-state index contributed by atoms with van der Waals surface area (Å²) >= 11 is 1.74. The van der Waals surface area contributed by atoms with Gasteiger partial charge in [-0.1, -0.05) is 18.2 Å². The summed E-state index contributed by atoms with van der Waals surface area (Å²) in [7, 11) is 0. The molecule has 0 saturated carbocycles. The number of aromatic nitrogens is 6. The molecular formula is C22H14N6S. The van der Waals surface area contributed by atoms with E-state index in [2.05, 4.69) is 66.9 Å². The van der Waals surface area contributed by atoms with Crippen LogP contribution in [-0.2, 0) is 0 Å². The molecule has 0 unspecified atom stereocenters. The van der Waals surface area contributed by atoms with Crippen molar-refractivity contribution >= 4 is 33.3 Å². The van der Waals surface area contributed by atoms with Gasteiger partial charge in [0, 0.05) is 33.7 Å². The molecule has 5 heterocycles. The molecule has 2 N–H and O–H groups in total. The Bertz CT molecular complexity index is 1450. The molecule has 6 nitrogen and oxygen atoms in total. The van der Waals surface area contributed by atoms with Crippen LogP contribution in [0, 0.1) is 0 Å². The molecule has 0 aliphatic heterocycles. The quantitative estimate of drug-likeness (QED) is 0.427. The molecule has 1 aromatic carbocycles. The first-order chi connectivity index (χ1) is 14.4. The van der Waals surface area contributed by atoms with Gasteiger partial charge in [0.25, 0.3) is 0 Å². The first-order valence-corrected chi connectivity index (χ1v) is 10.0. The summed E-state index contributed by atoms with van der Waals surface area (Å²) in [6.45, 7) is 0. The van der Waals surface area contributed by atoms with Crippen molar-refractivity contribution in [3.05, 3.63) is 72.5 Å². The number of nitrogens with one attached hydrogen (secondary N) is 2. The van der Waals surface area contributed by atoms with Crippen LogP contribution in [0.25, 0.3) is 55.2 Å². The molecule has 0 atom stereocenters. The first kappa shape index (κ1) is 16.1. The van der Waals surface area contributed by atoms with Crippen molar-refractivity contribution < 1.29 is 0 Å². The standard InChI is InChI=1S/C22H14N6S/c1-3-13(20-5-2-10-29-20)14-11-18(25-15(14)4-1)22-21-17(27-28-22)7-6-16(26-21)19-12-23-8-9-24-19/h1-12,25H,(H,27,28). The molecule has 0 spiro atoms. The summed E-state index contributed by atoms with van der Waals surface area (Å²) in [5, 5.41) is 10.9. The maximum absolute atomic E-state index is 4.81. The Morgan fingerprint density at radius 3 is 2.76 bits per heavy atom. The lowest BCUT2D eigenvalue weighted by Crippen LogP contribution is -1.89. The molecule has 0 aliphatic rings. The average molecular weight is 394 g/mol. The number of rotatable bonds is 3. The summed E-state index contributed by atoms with van der Waals surface area (Å²) in [6.07, 6.45) is 5.03. The maximum Gasteiger partial charge on any atom is 0.135 e. The fourth-order valence-corrected chi connectivity index (χ4v) is 4.36. The fourth-order valence-electron chi connectivity index (χ4n) is 3.59. The Balaban J connectivity index is 1.53. The van der Waals surface area contributed by atoms with Crippen LogP contribution in [0.2, 0.25) is 0 Å². The number of hydrogen-bond donors (Lipinski definition) is 2. The van der Waals surface area contributed by atoms with Gasteiger partial charge in [-0.25, -0.2) is 4.98 Å². The largest absolute Gasteiger partial charge is 0.353 e. The van der Waals surface area contributed by atoms with E-state index in [0.717, 1.165) is 39.3 Å². The monoisotopic (exact) mass is 394 g/mol. The van der Waals surface area contributed by atoms with Gasteiger partial charge >= 0.3 is 0 Å². The smallest absolute Gasteiger partial charge is 0.135 e. The summed E-state index contributed by atoms with van der Waals surface area (Å²) in [4.78, 5) is 18.1. The van der Waals surface area contributed by atoms with Crippen LogP contribution < -0.4 is 0 Å². The number of nitrogens with zero attached hydrogens (tertiary/aromatic N) is 4. The van der Waals surface area contributed by atoms with E-state index >= 15 is 0 Å². The molecule has 6 aromatic rings. The van der Waals surface area contributed by atoms with Crippen molar-refractivity contribution in [1.29, 1.82) is 0 Å². The number of fused-ring (bicyclic) bond motifs is 2. The molecule has 0 aliphatic carbocycles. The van der Waals surface area contributed by atoms with Gasteiger partial charge in [0.15, 0.2) is 0 Å². The highest BCUT2D eigenvalue weighted by atomic mass is 32.1. The van der Waals surface area contributed by atoms with Crippen LogP contribution >= 0.6 is 11.3 Å². The molecule has 0 saturated heterocycles. The lowest BCUT2D eigenvalue weighted by Gasteiger charge is -1.99. The van der Waals surface area contributed by atoms with Crippen molar-refractivity contribution in [1.82, 2.24) is 30.1 Å². The van der Waals surface area contributed by atoms with Crippen LogP contribution in [0.3, 0.4) is 0 Å². The van der Waals surface area contributed by atoms with E-state index in [-0.39, 0.29) is 0 Å². The third-order valence-electron chi connectivity index (χ3n) is 4.94. The molecule has 0 bridgehead atoms. The summed E-state index contributed by atoms with van der Waals surface area (Å²) in [5.41, 5.74) is 7.20. The van der Waals surface area contributed by atoms with Crippen LogP contribution in [-0.4, -0.2) is 30.1 Å². The predicted molar refractivity (Wildman–Crippen MR) is 116 cm³/mol. The second-order valence-corrected chi connectivity index (χ2v) is 7.63. The van der Waals surface area contributed by atoms with Gasteiger partial charge in [-0.2, -0.15) is 5.10 Å². The van der Waals surface area contributed by atoms with E-state index in [1.165, 1.54) is 15.8 Å². The molecule has 0 radical (unpaired) electrons. The maximum atomic E-state index is 4.81. The Labute approximate surface area is 169 Å². The number of H-pyrrole nitrogens is 2. The van der Waals surface area contributed by atoms with E-state index < -0.39 is 0 Å². The zero-order valence-corrected chi connectivity index (χ0v) is 15.9. The number of aromatic amines is 2. The van der Waals surface area contributed by atoms with Gasteiger partial charge in [-0.3, -0.25) is 15.1 Å². The van der Waals surface area contributed by atoms with Gasteiger partial charge in [-0.15, -0.1) is 11.3 Å². The molecular weight excluding hydrogens is 380 g/mol. The SMILES string of the molecule is c1csc(-c2cccc3[nH]c(-c4n[nH]c5ccc(-c6cnccn6)nc45)cc23)c1. The Hall–Kier alpha value is -3.84. The Kier molecular flexibility index (Phi) is 3.54. The summed E-state index contributed by atoms with van der Waals surface area (Å²) in [5.74, 6) is 0. The fraction of sp³-hybridized carbons (Fsp3) is 0. The topological polar surface area (TPSA) is 83.1 Å². The van der Waals surface area contributed by atoms with Gasteiger partial charge in [0.1, 0.15) is 16.9 Å². The van der Waals surface area contributed by atoms with Crippen molar-refractivity contribution in [3.63, 3.8) is 0 Å². The zero-order chi connectivity index (χ0) is 19.2. The van der Waals surface area contributed by atoms with E-state index in [1.807, 2.05) is 12.1 Å². The average Bonchev–Trinajstić information content (AvgIpc) is 3.52. The third-order valence-corrected chi connectivity index (χ3v) is 5.84. The highest BCUT2D eigenvalue weighted by Gasteiger charge is 2.15. The molecule has 0 amide bonds. The summed E-state index contributed by atoms with van der Waals surface area (Å²) < 4.78 is 0. The molecule has 6 rings (SSSR count). The second-order valence-electron chi connectivity index (χ2n) is 6.68. The van der Waals surface area contributed by atoms with Crippen LogP contribution in [0.15, 0.2) is 72.5 Å². The van der Waals surface area contributed by atoms with Crippen molar-refractivity contribution in [2.45, 2.75) is 0 Å². The van der Waals surface area contributed by atoms with Crippen LogP contribution in [0.1, 0.15) is 0 Å². The van der Waals surface area contributed by atoms with Crippen molar-refractivity contribution in [2.24, 2.45) is 0 Å². The Morgan fingerprint density at radius 2 is 1.90 bits per heavy atom. The minimum absolute atomic E-state index is 0.734. The molecule has 5 aromatic heterocycles. The van der Waals surface area contributed by atoms with Gasteiger partial charge in [0.2, 0.25) is 0 Å². The summed E-state index contributed by atoms with van der Waals surface area (Å²) in [6, 6.07) is 16.6. The minimum Gasteiger partial charge on any atom is -0.353 e. The third kappa shape index (κ3) is 2.63. The normalized spacial score (nSPS) is 11.4. The van der Waals surface area contributed by atoms with E-state index in [4.69, 9.17) is 4.98 Å². The molecule has 7 heteroatoms. The van der Waals surface area contributed by atoms with Crippen molar-refractivity contribution in [2.75, 3.05) is 0 Å². The lowest BCUT2D eigenvalue weighted by atomic mass is 10.1. The first-order valence-electron chi connectivity index (χ1n) is 9.14. The number of pyridine rings is 1. The molecule has 0 fully saturated rings. The Morgan fingerprint density at radius 1 is 0.897 bits per heavy atom. The van der Waals surface area contributed by atoms with Crippen LogP contribution in [0.5, 0.6) is 0 Å². The second kappa shape index (κ2) is 6.35. The predicted octanol–water partition coefficient (Wildman–Crippen LogP) is 5.29. The zero-order valence-electron chi connectivity index (χ0n) is 15.1. The van der Waals surface area contributed by atoms with Gasteiger partial charge in [0.05, 0.1) is 23.1 Å². The van der Waals surface area contributed by atoms with Gasteiger partial charge < -0.3 is 4.98 Å². The number of hydrogen-bond acceptors (Lipinski definition) is 5. The highest BCUT2D eigenvalue weighted by molar-refractivity contribution is 7.13. The van der Waals surface area contributed by atoms with Gasteiger partial charge in [-0.05, 0) is 35.7 Å². The van der Waals surface area contributed by atoms with Crippen molar-refractivity contribution in [3.8, 4) is 33.2 Å².